The van der Waals surface area contributed by atoms with Crippen molar-refractivity contribution >= 4 is 22.5 Å². The highest BCUT2D eigenvalue weighted by atomic mass is 19.1. The lowest BCUT2D eigenvalue weighted by Gasteiger charge is -2.14. The molecule has 27 heavy (non-hydrogen) atoms. The maximum atomic E-state index is 14.3. The predicted octanol–water partition coefficient (Wildman–Crippen LogP) is 2.16. The molecular formula is C18H14F2N6O. The van der Waals surface area contributed by atoms with Gasteiger partial charge in [-0.05, 0) is 19.0 Å². The van der Waals surface area contributed by atoms with Gasteiger partial charge in [-0.1, -0.05) is 5.92 Å². The minimum atomic E-state index is -0.753. The summed E-state index contributed by atoms with van der Waals surface area (Å²) >= 11 is 0. The number of pyridine rings is 2. The third kappa shape index (κ3) is 3.47. The van der Waals surface area contributed by atoms with E-state index in [1.165, 1.54) is 24.7 Å². The van der Waals surface area contributed by atoms with Gasteiger partial charge in [-0.2, -0.15) is 4.39 Å². The highest BCUT2D eigenvalue weighted by molar-refractivity contribution is 5.87. The van der Waals surface area contributed by atoms with Crippen molar-refractivity contribution in [1.29, 1.82) is 0 Å². The lowest BCUT2D eigenvalue weighted by molar-refractivity contribution is 0.204. The summed E-state index contributed by atoms with van der Waals surface area (Å²) in [5.41, 5.74) is 0.918. The second-order valence-corrected chi connectivity index (χ2v) is 5.93. The van der Waals surface area contributed by atoms with E-state index < -0.39 is 11.8 Å². The van der Waals surface area contributed by atoms with Crippen LogP contribution < -0.4 is 15.4 Å². The molecule has 9 heteroatoms. The number of anilines is 2. The Morgan fingerprint density at radius 3 is 2.93 bits per heavy atom. The second-order valence-electron chi connectivity index (χ2n) is 5.93. The standard InChI is InChI=1S/C18H14F2N6O/c1-2-10-5-14(16(20)22-7-10)25-17-15-13(23-9-24-17)6-12(19)18(26-15)27-11-3-4-21-8-11/h1,5-7,9,11,21H,3-4,8H2,(H,23,24,25)/t11-/m0/s1. The number of ether oxygens (including phenoxy) is 1. The van der Waals surface area contributed by atoms with Crippen LogP contribution in [0, 0.1) is 24.1 Å². The first-order valence-corrected chi connectivity index (χ1v) is 8.22. The van der Waals surface area contributed by atoms with Gasteiger partial charge in [-0.25, -0.2) is 24.3 Å². The first-order chi connectivity index (χ1) is 13.1. The number of hydrogen-bond donors (Lipinski definition) is 2. The van der Waals surface area contributed by atoms with E-state index in [0.29, 0.717) is 12.1 Å². The molecule has 4 heterocycles. The third-order valence-electron chi connectivity index (χ3n) is 4.08. The summed E-state index contributed by atoms with van der Waals surface area (Å²) in [4.78, 5) is 15.9. The molecule has 0 amide bonds. The SMILES string of the molecule is C#Cc1cnc(F)c(Nc2ncnc3cc(F)c(O[C@H]4CCNC4)nc23)c1. The minimum Gasteiger partial charge on any atom is -0.471 e. The van der Waals surface area contributed by atoms with Crippen molar-refractivity contribution in [3.05, 3.63) is 42.0 Å². The molecule has 1 fully saturated rings. The molecule has 3 aromatic rings. The minimum absolute atomic E-state index is 0.0269. The van der Waals surface area contributed by atoms with Crippen LogP contribution in [0.3, 0.4) is 0 Å². The zero-order valence-corrected chi connectivity index (χ0v) is 14.0. The molecular weight excluding hydrogens is 354 g/mol. The van der Waals surface area contributed by atoms with Gasteiger partial charge in [0.15, 0.2) is 11.6 Å². The molecule has 0 bridgehead atoms. The molecule has 4 rings (SSSR count). The molecule has 0 unspecified atom stereocenters. The van der Waals surface area contributed by atoms with Gasteiger partial charge in [0.1, 0.15) is 17.9 Å². The van der Waals surface area contributed by atoms with E-state index in [2.05, 4.69) is 36.5 Å². The number of nitrogens with one attached hydrogen (secondary N) is 2. The van der Waals surface area contributed by atoms with Crippen molar-refractivity contribution in [3.8, 4) is 18.2 Å². The summed E-state index contributed by atoms with van der Waals surface area (Å²) in [5, 5.41) is 5.93. The Morgan fingerprint density at radius 1 is 1.26 bits per heavy atom. The third-order valence-corrected chi connectivity index (χ3v) is 4.08. The van der Waals surface area contributed by atoms with Crippen LogP contribution in [0.15, 0.2) is 24.7 Å². The average molecular weight is 368 g/mol. The summed E-state index contributed by atoms with van der Waals surface area (Å²) in [6, 6.07) is 2.63. The highest BCUT2D eigenvalue weighted by Crippen LogP contribution is 2.27. The molecule has 0 aromatic carbocycles. The summed E-state index contributed by atoms with van der Waals surface area (Å²) in [5.74, 6) is 1.04. The van der Waals surface area contributed by atoms with Crippen LogP contribution in [0.4, 0.5) is 20.3 Å². The average Bonchev–Trinajstić information content (AvgIpc) is 3.18. The molecule has 0 saturated carbocycles. The zero-order valence-electron chi connectivity index (χ0n) is 14.0. The number of aromatic nitrogens is 4. The van der Waals surface area contributed by atoms with Gasteiger partial charge >= 0.3 is 0 Å². The maximum Gasteiger partial charge on any atom is 0.251 e. The summed E-state index contributed by atoms with van der Waals surface area (Å²) < 4.78 is 34.0. The van der Waals surface area contributed by atoms with E-state index in [0.717, 1.165) is 13.0 Å². The Kier molecular flexibility index (Phi) is 4.48. The van der Waals surface area contributed by atoms with E-state index in [-0.39, 0.29) is 34.5 Å². The van der Waals surface area contributed by atoms with Gasteiger partial charge in [0, 0.05) is 24.4 Å². The molecule has 1 saturated heterocycles. The lowest BCUT2D eigenvalue weighted by Crippen LogP contribution is -2.20. The topological polar surface area (TPSA) is 84.9 Å². The Morgan fingerprint density at radius 2 is 2.15 bits per heavy atom. The molecule has 1 aliphatic heterocycles. The van der Waals surface area contributed by atoms with Crippen LogP contribution in [0.25, 0.3) is 11.0 Å². The molecule has 0 aliphatic carbocycles. The van der Waals surface area contributed by atoms with E-state index in [1.807, 2.05) is 0 Å². The predicted molar refractivity (Wildman–Crippen MR) is 94.6 cm³/mol. The van der Waals surface area contributed by atoms with Gasteiger partial charge < -0.3 is 15.4 Å². The molecule has 0 spiro atoms. The van der Waals surface area contributed by atoms with E-state index in [1.54, 1.807) is 0 Å². The Bertz CT molecular complexity index is 1050. The quantitative estimate of drug-likeness (QED) is 0.539. The highest BCUT2D eigenvalue weighted by Gasteiger charge is 2.20. The fraction of sp³-hybridized carbons (Fsp3) is 0.222. The number of nitrogens with zero attached hydrogens (tertiary/aromatic N) is 4. The van der Waals surface area contributed by atoms with Gasteiger partial charge in [-0.15, -0.1) is 6.42 Å². The smallest absolute Gasteiger partial charge is 0.251 e. The van der Waals surface area contributed by atoms with Crippen molar-refractivity contribution in [3.63, 3.8) is 0 Å². The van der Waals surface area contributed by atoms with E-state index in [9.17, 15) is 8.78 Å². The Balaban J connectivity index is 1.73. The Hall–Kier alpha value is -3.38. The molecule has 7 nitrogen and oxygen atoms in total. The number of terminal acetylenes is 1. The van der Waals surface area contributed by atoms with Gasteiger partial charge in [-0.3, -0.25) is 0 Å². The Labute approximate surface area is 153 Å². The van der Waals surface area contributed by atoms with Crippen LogP contribution in [0.2, 0.25) is 0 Å². The lowest BCUT2D eigenvalue weighted by atomic mass is 10.2. The molecule has 1 aliphatic rings. The number of halogens is 2. The first-order valence-electron chi connectivity index (χ1n) is 8.22. The molecule has 2 N–H and O–H groups in total. The summed E-state index contributed by atoms with van der Waals surface area (Å²) in [7, 11) is 0. The van der Waals surface area contributed by atoms with Crippen molar-refractivity contribution in [2.45, 2.75) is 12.5 Å². The van der Waals surface area contributed by atoms with Crippen LogP contribution in [-0.4, -0.2) is 39.1 Å². The molecule has 1 atom stereocenters. The summed E-state index contributed by atoms with van der Waals surface area (Å²) in [6.45, 7) is 1.42. The molecule has 0 radical (unpaired) electrons. The fourth-order valence-electron chi connectivity index (χ4n) is 2.75. The van der Waals surface area contributed by atoms with Crippen molar-refractivity contribution in [1.82, 2.24) is 25.3 Å². The zero-order chi connectivity index (χ0) is 18.8. The first kappa shape index (κ1) is 17.1. The number of rotatable bonds is 4. The van der Waals surface area contributed by atoms with Crippen molar-refractivity contribution < 1.29 is 13.5 Å². The van der Waals surface area contributed by atoms with E-state index >= 15 is 0 Å². The van der Waals surface area contributed by atoms with Crippen LogP contribution in [0.5, 0.6) is 5.88 Å². The van der Waals surface area contributed by atoms with Gasteiger partial charge in [0.2, 0.25) is 5.95 Å². The maximum absolute atomic E-state index is 14.3. The van der Waals surface area contributed by atoms with Crippen molar-refractivity contribution in [2.75, 3.05) is 18.4 Å². The molecule has 3 aromatic heterocycles. The monoisotopic (exact) mass is 368 g/mol. The van der Waals surface area contributed by atoms with E-state index in [4.69, 9.17) is 11.2 Å². The van der Waals surface area contributed by atoms with Crippen LogP contribution >= 0.6 is 0 Å². The second kappa shape index (κ2) is 7.09. The number of hydrogen-bond acceptors (Lipinski definition) is 7. The fourth-order valence-corrected chi connectivity index (χ4v) is 2.75. The van der Waals surface area contributed by atoms with Gasteiger partial charge in [0.05, 0.1) is 11.2 Å². The largest absolute Gasteiger partial charge is 0.471 e. The normalized spacial score (nSPS) is 16.3. The summed E-state index contributed by atoms with van der Waals surface area (Å²) in [6.07, 6.45) is 8.38. The van der Waals surface area contributed by atoms with Crippen LogP contribution in [-0.2, 0) is 0 Å². The van der Waals surface area contributed by atoms with Gasteiger partial charge in [0.25, 0.3) is 5.88 Å². The molecule has 136 valence electrons. The van der Waals surface area contributed by atoms with Crippen molar-refractivity contribution in [2.24, 2.45) is 0 Å². The number of fused-ring (bicyclic) bond motifs is 1. The van der Waals surface area contributed by atoms with Crippen LogP contribution in [0.1, 0.15) is 12.0 Å².